The number of ether oxygens (including phenoxy) is 5. The van der Waals surface area contributed by atoms with Gasteiger partial charge >= 0.3 is 0 Å². The van der Waals surface area contributed by atoms with Crippen molar-refractivity contribution in [2.75, 3.05) is 48.2 Å². The average Bonchev–Trinajstić information content (AvgIpc) is 3.16. The second-order valence-corrected chi connectivity index (χ2v) is 8.63. The largest absolute Gasteiger partial charge is 0.507 e. The summed E-state index contributed by atoms with van der Waals surface area (Å²) in [7, 11) is 5.96. The molecule has 1 aliphatic heterocycles. The number of ketones is 1. The lowest BCUT2D eigenvalue weighted by molar-refractivity contribution is -0.140. The van der Waals surface area contributed by atoms with Crippen LogP contribution in [0.25, 0.3) is 5.76 Å². The molecule has 1 amide bonds. The Bertz CT molecular complexity index is 1150. The predicted octanol–water partition coefficient (Wildman–Crippen LogP) is 4.27. The molecule has 0 bridgehead atoms. The molecule has 1 N–H and O–H groups in total. The van der Waals surface area contributed by atoms with Gasteiger partial charge in [-0.25, -0.2) is 0 Å². The van der Waals surface area contributed by atoms with Gasteiger partial charge in [-0.3, -0.25) is 9.59 Å². The van der Waals surface area contributed by atoms with Crippen LogP contribution in [0.4, 0.5) is 0 Å². The Hall–Kier alpha value is -3.72. The van der Waals surface area contributed by atoms with Crippen LogP contribution in [0.1, 0.15) is 42.5 Å². The van der Waals surface area contributed by atoms with Crippen LogP contribution in [0.3, 0.4) is 0 Å². The zero-order chi connectivity index (χ0) is 27.1. The summed E-state index contributed by atoms with van der Waals surface area (Å²) in [6.45, 7) is 4.89. The maximum atomic E-state index is 13.3. The van der Waals surface area contributed by atoms with Gasteiger partial charge in [0.25, 0.3) is 11.7 Å². The molecule has 9 nitrogen and oxygen atoms in total. The third-order valence-electron chi connectivity index (χ3n) is 6.28. The molecule has 1 unspecified atom stereocenters. The molecule has 3 rings (SSSR count). The van der Waals surface area contributed by atoms with Gasteiger partial charge in [0.2, 0.25) is 5.75 Å². The van der Waals surface area contributed by atoms with Gasteiger partial charge in [-0.2, -0.15) is 0 Å². The highest BCUT2D eigenvalue weighted by molar-refractivity contribution is 6.46. The summed E-state index contributed by atoms with van der Waals surface area (Å²) in [5.74, 6) is 0.00270. The molecule has 0 saturated carbocycles. The van der Waals surface area contributed by atoms with E-state index < -0.39 is 17.7 Å². The van der Waals surface area contributed by atoms with Crippen molar-refractivity contribution >= 4 is 17.4 Å². The number of hydrogen-bond donors (Lipinski definition) is 1. The smallest absolute Gasteiger partial charge is 0.295 e. The molecule has 1 saturated heterocycles. The zero-order valence-electron chi connectivity index (χ0n) is 22.3. The van der Waals surface area contributed by atoms with E-state index in [1.165, 1.54) is 33.3 Å². The van der Waals surface area contributed by atoms with Gasteiger partial charge in [0.15, 0.2) is 11.5 Å². The van der Waals surface area contributed by atoms with E-state index in [1.807, 2.05) is 6.92 Å². The van der Waals surface area contributed by atoms with Crippen LogP contribution < -0.4 is 18.9 Å². The molecule has 9 heteroatoms. The summed E-state index contributed by atoms with van der Waals surface area (Å²) in [5.41, 5.74) is 1.69. The lowest BCUT2D eigenvalue weighted by atomic mass is 9.94. The number of aliphatic hydroxyl groups is 1. The predicted molar refractivity (Wildman–Crippen MR) is 139 cm³/mol. The van der Waals surface area contributed by atoms with Crippen LogP contribution >= 0.6 is 0 Å². The topological polar surface area (TPSA) is 104 Å². The van der Waals surface area contributed by atoms with Crippen molar-refractivity contribution in [3.05, 3.63) is 52.6 Å². The van der Waals surface area contributed by atoms with Crippen LogP contribution in [-0.4, -0.2) is 69.9 Å². The number of aryl methyl sites for hydroxylation is 1. The van der Waals surface area contributed by atoms with Crippen molar-refractivity contribution in [2.24, 2.45) is 0 Å². The molecule has 2 aromatic carbocycles. The first kappa shape index (κ1) is 27.9. The van der Waals surface area contributed by atoms with Gasteiger partial charge in [-0.15, -0.1) is 0 Å². The fourth-order valence-electron chi connectivity index (χ4n) is 4.35. The van der Waals surface area contributed by atoms with Crippen LogP contribution in [0, 0.1) is 6.92 Å². The van der Waals surface area contributed by atoms with Crippen molar-refractivity contribution in [3.8, 4) is 23.0 Å². The van der Waals surface area contributed by atoms with Crippen LogP contribution in [0.15, 0.2) is 35.9 Å². The van der Waals surface area contributed by atoms with E-state index in [4.69, 9.17) is 23.7 Å². The Morgan fingerprint density at radius 1 is 0.946 bits per heavy atom. The second-order valence-electron chi connectivity index (χ2n) is 8.63. The number of amides is 1. The van der Waals surface area contributed by atoms with E-state index in [0.29, 0.717) is 40.7 Å². The third-order valence-corrected chi connectivity index (χ3v) is 6.28. The maximum Gasteiger partial charge on any atom is 0.295 e. The Morgan fingerprint density at radius 2 is 1.62 bits per heavy atom. The average molecular weight is 514 g/mol. The van der Waals surface area contributed by atoms with Crippen molar-refractivity contribution in [1.29, 1.82) is 0 Å². The number of likely N-dealkylation sites (tertiary alicyclic amines) is 1. The summed E-state index contributed by atoms with van der Waals surface area (Å²) in [6, 6.07) is 7.62. The first-order valence-corrected chi connectivity index (χ1v) is 12.1. The second kappa shape index (κ2) is 12.5. The van der Waals surface area contributed by atoms with Gasteiger partial charge in [-0.1, -0.05) is 13.3 Å². The molecule has 1 heterocycles. The van der Waals surface area contributed by atoms with Crippen LogP contribution in [0.5, 0.6) is 23.0 Å². The minimum absolute atomic E-state index is 0.0329. The van der Waals surface area contributed by atoms with E-state index in [9.17, 15) is 14.7 Å². The number of methoxy groups -OCH3 is 4. The summed E-state index contributed by atoms with van der Waals surface area (Å²) >= 11 is 0. The van der Waals surface area contributed by atoms with E-state index in [0.717, 1.165) is 18.4 Å². The molecule has 200 valence electrons. The number of carbonyl (C=O) groups is 2. The molecular weight excluding hydrogens is 478 g/mol. The Kier molecular flexibility index (Phi) is 9.41. The molecule has 1 fully saturated rings. The highest BCUT2D eigenvalue weighted by Gasteiger charge is 2.46. The number of Topliss-reactive ketones (excluding diaryl/α,β-unsaturated/α-hetero) is 1. The molecule has 0 spiro atoms. The van der Waals surface area contributed by atoms with E-state index in [2.05, 4.69) is 6.92 Å². The first-order chi connectivity index (χ1) is 17.8. The number of carbonyl (C=O) groups excluding carboxylic acids is 2. The fourth-order valence-corrected chi connectivity index (χ4v) is 4.35. The number of aliphatic hydroxyl groups excluding tert-OH is 1. The molecular formula is C28H35NO8. The highest BCUT2D eigenvalue weighted by atomic mass is 16.5. The van der Waals surface area contributed by atoms with Crippen LogP contribution in [-0.2, 0) is 14.3 Å². The minimum atomic E-state index is -0.898. The number of unbranched alkanes of at least 4 members (excludes halogenated alkanes) is 1. The highest BCUT2D eigenvalue weighted by Crippen LogP contribution is 2.45. The number of nitrogens with zero attached hydrogens (tertiary/aromatic N) is 1. The SMILES string of the molecule is CCCCOc1ccc(/C(O)=C2\C(=O)C(=O)N(CCOC)C2c2cc(OC)c(OC)c(OC)c2)cc1C. The quantitative estimate of drug-likeness (QED) is 0.194. The van der Waals surface area contributed by atoms with Crippen LogP contribution in [0.2, 0.25) is 0 Å². The lowest BCUT2D eigenvalue weighted by Crippen LogP contribution is -2.32. The molecule has 2 aromatic rings. The van der Waals surface area contributed by atoms with E-state index >= 15 is 0 Å². The molecule has 0 aromatic heterocycles. The summed E-state index contributed by atoms with van der Waals surface area (Å²) < 4.78 is 27.4. The van der Waals surface area contributed by atoms with Gasteiger partial charge < -0.3 is 33.7 Å². The van der Waals surface area contributed by atoms with Crippen molar-refractivity contribution in [3.63, 3.8) is 0 Å². The summed E-state index contributed by atoms with van der Waals surface area (Å²) in [5, 5.41) is 11.4. The summed E-state index contributed by atoms with van der Waals surface area (Å²) in [6.07, 6.45) is 1.95. The Morgan fingerprint density at radius 3 is 2.16 bits per heavy atom. The van der Waals surface area contributed by atoms with Crippen molar-refractivity contribution < 1.29 is 38.4 Å². The normalized spacial score (nSPS) is 16.7. The molecule has 0 aliphatic carbocycles. The Labute approximate surface area is 217 Å². The van der Waals surface area contributed by atoms with Gasteiger partial charge in [-0.05, 0) is 54.8 Å². The molecule has 37 heavy (non-hydrogen) atoms. The standard InChI is InChI=1S/C28H35NO8/c1-7-8-12-37-20-10-9-18(14-17(20)2)25(30)23-24(29(11-13-33-3)28(32)26(23)31)19-15-21(34-4)27(36-6)22(16-19)35-5/h9-10,14-16,24,30H,7-8,11-13H2,1-6H3/b25-23+. The van der Waals surface area contributed by atoms with Gasteiger partial charge in [0.1, 0.15) is 11.5 Å². The number of hydrogen-bond acceptors (Lipinski definition) is 8. The number of benzene rings is 2. The molecule has 0 radical (unpaired) electrons. The first-order valence-electron chi connectivity index (χ1n) is 12.1. The zero-order valence-corrected chi connectivity index (χ0v) is 22.3. The Balaban J connectivity index is 2.17. The molecule has 1 aliphatic rings. The van der Waals surface area contributed by atoms with Gasteiger partial charge in [0, 0.05) is 19.2 Å². The third kappa shape index (κ3) is 5.67. The number of rotatable bonds is 12. The van der Waals surface area contributed by atoms with Crippen molar-refractivity contribution in [1.82, 2.24) is 4.90 Å². The summed E-state index contributed by atoms with van der Waals surface area (Å²) in [4.78, 5) is 27.8. The van der Waals surface area contributed by atoms with E-state index in [1.54, 1.807) is 30.3 Å². The van der Waals surface area contributed by atoms with Crippen molar-refractivity contribution in [2.45, 2.75) is 32.7 Å². The fraction of sp³-hybridized carbons (Fsp3) is 0.429. The lowest BCUT2D eigenvalue weighted by Gasteiger charge is -2.26. The minimum Gasteiger partial charge on any atom is -0.507 e. The van der Waals surface area contributed by atoms with E-state index in [-0.39, 0.29) is 24.5 Å². The molecule has 1 atom stereocenters. The maximum absolute atomic E-state index is 13.3. The van der Waals surface area contributed by atoms with Gasteiger partial charge in [0.05, 0.1) is 46.2 Å². The monoisotopic (exact) mass is 513 g/mol.